The van der Waals surface area contributed by atoms with Crippen LogP contribution in [0.5, 0.6) is 0 Å². The Morgan fingerprint density at radius 1 is 1.53 bits per heavy atom. The zero-order valence-electron chi connectivity index (χ0n) is 10.7. The van der Waals surface area contributed by atoms with Crippen LogP contribution < -0.4 is 5.32 Å². The van der Waals surface area contributed by atoms with Crippen molar-refractivity contribution in [2.45, 2.75) is 38.8 Å². The highest BCUT2D eigenvalue weighted by atomic mass is 16.5. The minimum Gasteiger partial charge on any atom is -0.385 e. The summed E-state index contributed by atoms with van der Waals surface area (Å²) < 4.78 is 7.10. The molecule has 1 aromatic rings. The van der Waals surface area contributed by atoms with Crippen molar-refractivity contribution in [1.29, 1.82) is 0 Å². The van der Waals surface area contributed by atoms with Gasteiger partial charge in [0.05, 0.1) is 6.20 Å². The van der Waals surface area contributed by atoms with Crippen LogP contribution in [0, 0.1) is 5.92 Å². The Morgan fingerprint density at radius 2 is 2.41 bits per heavy atom. The molecule has 1 N–H and O–H groups in total. The average molecular weight is 237 g/mol. The molecule has 1 aliphatic rings. The molecular formula is C13H23N3O. The first-order valence-corrected chi connectivity index (χ1v) is 6.59. The van der Waals surface area contributed by atoms with Crippen LogP contribution in [0.2, 0.25) is 0 Å². The lowest BCUT2D eigenvalue weighted by atomic mass is 9.85. The number of nitrogens with one attached hydrogen (secondary N) is 1. The third-order valence-electron chi connectivity index (χ3n) is 3.39. The maximum absolute atomic E-state index is 5.00. The number of rotatable bonds is 8. The number of nitrogens with zero attached hydrogens (tertiary/aromatic N) is 2. The fourth-order valence-electron chi connectivity index (χ4n) is 2.11. The standard InChI is InChI=1S/C13H23N3O/c1-17-7-3-6-14-8-13-9-15-16(11-13)10-12-4-2-5-12/h9,11-12,14H,2-8,10H2,1H3. The van der Waals surface area contributed by atoms with Gasteiger partial charge >= 0.3 is 0 Å². The van der Waals surface area contributed by atoms with Crippen LogP contribution in [0.25, 0.3) is 0 Å². The SMILES string of the molecule is COCCCNCc1cnn(CC2CCC2)c1. The van der Waals surface area contributed by atoms with E-state index in [0.29, 0.717) is 0 Å². The van der Waals surface area contributed by atoms with Gasteiger partial charge in [0.15, 0.2) is 0 Å². The molecule has 1 aliphatic carbocycles. The number of hydrogen-bond acceptors (Lipinski definition) is 3. The second-order valence-corrected chi connectivity index (χ2v) is 4.89. The van der Waals surface area contributed by atoms with Crippen molar-refractivity contribution in [3.8, 4) is 0 Å². The van der Waals surface area contributed by atoms with E-state index in [-0.39, 0.29) is 0 Å². The van der Waals surface area contributed by atoms with E-state index in [9.17, 15) is 0 Å². The molecule has 1 heterocycles. The Balaban J connectivity index is 1.63. The number of hydrogen-bond donors (Lipinski definition) is 1. The molecule has 0 aromatic carbocycles. The monoisotopic (exact) mass is 237 g/mol. The van der Waals surface area contributed by atoms with Crippen LogP contribution in [0.15, 0.2) is 12.4 Å². The van der Waals surface area contributed by atoms with Crippen molar-refractivity contribution in [1.82, 2.24) is 15.1 Å². The fraction of sp³-hybridized carbons (Fsp3) is 0.769. The van der Waals surface area contributed by atoms with E-state index in [1.165, 1.54) is 24.8 Å². The molecule has 4 heteroatoms. The predicted molar refractivity (Wildman–Crippen MR) is 67.8 cm³/mol. The van der Waals surface area contributed by atoms with Crippen LogP contribution >= 0.6 is 0 Å². The van der Waals surface area contributed by atoms with Crippen molar-refractivity contribution >= 4 is 0 Å². The molecule has 0 amide bonds. The summed E-state index contributed by atoms with van der Waals surface area (Å²) in [5.41, 5.74) is 1.28. The van der Waals surface area contributed by atoms with Gasteiger partial charge in [-0.1, -0.05) is 6.42 Å². The first-order valence-electron chi connectivity index (χ1n) is 6.59. The molecule has 1 fully saturated rings. The topological polar surface area (TPSA) is 39.1 Å². The number of methoxy groups -OCH3 is 1. The smallest absolute Gasteiger partial charge is 0.0534 e. The lowest BCUT2D eigenvalue weighted by Gasteiger charge is -2.24. The van der Waals surface area contributed by atoms with Gasteiger partial charge in [-0.05, 0) is 31.7 Å². The Morgan fingerprint density at radius 3 is 3.12 bits per heavy atom. The van der Waals surface area contributed by atoms with Gasteiger partial charge in [-0.15, -0.1) is 0 Å². The van der Waals surface area contributed by atoms with Gasteiger partial charge in [0, 0.05) is 38.6 Å². The highest BCUT2D eigenvalue weighted by Gasteiger charge is 2.17. The zero-order valence-corrected chi connectivity index (χ0v) is 10.7. The number of ether oxygens (including phenoxy) is 1. The van der Waals surface area contributed by atoms with E-state index in [2.05, 4.69) is 21.3 Å². The van der Waals surface area contributed by atoms with Crippen molar-refractivity contribution in [3.63, 3.8) is 0 Å². The van der Waals surface area contributed by atoms with Crippen LogP contribution in [-0.4, -0.2) is 30.0 Å². The molecule has 0 bridgehead atoms. The molecule has 0 aliphatic heterocycles. The molecule has 0 unspecified atom stereocenters. The minimum absolute atomic E-state index is 0.827. The van der Waals surface area contributed by atoms with Crippen LogP contribution in [0.1, 0.15) is 31.2 Å². The summed E-state index contributed by atoms with van der Waals surface area (Å²) in [4.78, 5) is 0. The fourth-order valence-corrected chi connectivity index (χ4v) is 2.11. The van der Waals surface area contributed by atoms with Crippen molar-refractivity contribution < 1.29 is 4.74 Å². The largest absolute Gasteiger partial charge is 0.385 e. The molecule has 0 atom stereocenters. The molecule has 0 spiro atoms. The summed E-state index contributed by atoms with van der Waals surface area (Å²) in [5.74, 6) is 0.873. The molecule has 4 nitrogen and oxygen atoms in total. The third kappa shape index (κ3) is 4.13. The van der Waals surface area contributed by atoms with E-state index in [4.69, 9.17) is 4.74 Å². The third-order valence-corrected chi connectivity index (χ3v) is 3.39. The zero-order chi connectivity index (χ0) is 11.9. The molecule has 1 aromatic heterocycles. The summed E-state index contributed by atoms with van der Waals surface area (Å²) >= 11 is 0. The van der Waals surface area contributed by atoms with Crippen molar-refractivity contribution in [3.05, 3.63) is 18.0 Å². The molecule has 0 radical (unpaired) electrons. The highest BCUT2D eigenvalue weighted by molar-refractivity contribution is 5.03. The van der Waals surface area contributed by atoms with Gasteiger partial charge in [-0.3, -0.25) is 4.68 Å². The van der Waals surface area contributed by atoms with Crippen LogP contribution in [0.3, 0.4) is 0 Å². The second-order valence-electron chi connectivity index (χ2n) is 4.89. The van der Waals surface area contributed by atoms with Gasteiger partial charge in [0.1, 0.15) is 0 Å². The second kappa shape index (κ2) is 6.77. The van der Waals surface area contributed by atoms with E-state index in [1.807, 2.05) is 6.20 Å². The summed E-state index contributed by atoms with van der Waals surface area (Å²) in [5, 5.41) is 7.80. The Hall–Kier alpha value is -0.870. The summed E-state index contributed by atoms with van der Waals surface area (Å²) in [7, 11) is 1.74. The van der Waals surface area contributed by atoms with E-state index >= 15 is 0 Å². The molecule has 17 heavy (non-hydrogen) atoms. The van der Waals surface area contributed by atoms with Gasteiger partial charge in [0.25, 0.3) is 0 Å². The molecule has 96 valence electrons. The van der Waals surface area contributed by atoms with Crippen molar-refractivity contribution in [2.75, 3.05) is 20.3 Å². The average Bonchev–Trinajstić information content (AvgIpc) is 2.71. The van der Waals surface area contributed by atoms with Crippen molar-refractivity contribution in [2.24, 2.45) is 5.92 Å². The lowest BCUT2D eigenvalue weighted by Crippen LogP contribution is -2.18. The molecule has 1 saturated carbocycles. The van der Waals surface area contributed by atoms with E-state index in [1.54, 1.807) is 7.11 Å². The quantitative estimate of drug-likeness (QED) is 0.701. The summed E-state index contributed by atoms with van der Waals surface area (Å²) in [6, 6.07) is 0. The summed E-state index contributed by atoms with van der Waals surface area (Å²) in [6.45, 7) is 3.84. The van der Waals surface area contributed by atoms with Gasteiger partial charge < -0.3 is 10.1 Å². The maximum Gasteiger partial charge on any atom is 0.0534 e. The van der Waals surface area contributed by atoms with E-state index in [0.717, 1.165) is 38.6 Å². The number of aromatic nitrogens is 2. The van der Waals surface area contributed by atoms with Crippen LogP contribution in [0.4, 0.5) is 0 Å². The maximum atomic E-state index is 5.00. The predicted octanol–water partition coefficient (Wildman–Crippen LogP) is 1.81. The molecule has 0 saturated heterocycles. The molecule has 2 rings (SSSR count). The lowest BCUT2D eigenvalue weighted by molar-refractivity contribution is 0.194. The summed E-state index contributed by atoms with van der Waals surface area (Å²) in [6.07, 6.45) is 9.37. The van der Waals surface area contributed by atoms with Crippen LogP contribution in [-0.2, 0) is 17.8 Å². The van der Waals surface area contributed by atoms with Gasteiger partial charge in [0.2, 0.25) is 0 Å². The minimum atomic E-state index is 0.827. The van der Waals surface area contributed by atoms with E-state index < -0.39 is 0 Å². The first kappa shape index (κ1) is 12.6. The normalized spacial score (nSPS) is 16.1. The van der Waals surface area contributed by atoms with Gasteiger partial charge in [-0.25, -0.2) is 0 Å². The first-order chi connectivity index (χ1) is 8.38. The Bertz CT molecular complexity index is 320. The van der Waals surface area contributed by atoms with Gasteiger partial charge in [-0.2, -0.15) is 5.10 Å². The molecular weight excluding hydrogens is 214 g/mol. The Labute approximate surface area is 103 Å². The highest BCUT2D eigenvalue weighted by Crippen LogP contribution is 2.27. The Kier molecular flexibility index (Phi) is 5.01.